The van der Waals surface area contributed by atoms with E-state index in [0.717, 1.165) is 5.56 Å². The van der Waals surface area contributed by atoms with Gasteiger partial charge in [0, 0.05) is 31.1 Å². The van der Waals surface area contributed by atoms with Crippen molar-refractivity contribution < 1.29 is 31.4 Å². The maximum Gasteiger partial charge on any atom is 0.247 e. The predicted octanol–water partition coefficient (Wildman–Crippen LogP) is 3.45. The predicted molar refractivity (Wildman–Crippen MR) is 149 cm³/mol. The van der Waals surface area contributed by atoms with E-state index in [1.165, 1.54) is 33.9 Å². The zero-order valence-corrected chi connectivity index (χ0v) is 24.0. The fraction of sp³-hybridized carbons (Fsp3) is 0.357. The average molecular weight is 575 g/mol. The van der Waals surface area contributed by atoms with E-state index in [1.54, 1.807) is 44.4 Å². The van der Waals surface area contributed by atoms with Crippen molar-refractivity contribution in [2.45, 2.75) is 35.8 Å². The molecule has 0 amide bonds. The van der Waals surface area contributed by atoms with Crippen LogP contribution in [0, 0.1) is 5.92 Å². The Balaban J connectivity index is 1.80. The second kappa shape index (κ2) is 11.6. The summed E-state index contributed by atoms with van der Waals surface area (Å²) in [5.41, 5.74) is 1.43. The molecule has 11 heteroatoms. The monoisotopic (exact) mass is 574 g/mol. The Kier molecular flexibility index (Phi) is 8.67. The van der Waals surface area contributed by atoms with E-state index in [1.807, 2.05) is 31.2 Å². The molecule has 1 aliphatic rings. The van der Waals surface area contributed by atoms with E-state index < -0.39 is 38.1 Å². The number of aliphatic hydroxyl groups excluding tert-OH is 1. The standard InChI is InChI=1S/C28H34N2O7S2/c1-20-17-30(21(2)19-31)39(34,35)28-15-14-22(24-12-8-9-13-25(24)36-4)16-26(28)37-27(20)18-29(3)38(32,33)23-10-6-5-7-11-23/h5-16,20-21,27,31H,17-19H2,1-4H3/t20-,21+,27+/m1/s1. The van der Waals surface area contributed by atoms with Crippen LogP contribution in [0.3, 0.4) is 0 Å². The molecule has 210 valence electrons. The molecular weight excluding hydrogens is 540 g/mol. The summed E-state index contributed by atoms with van der Waals surface area (Å²) in [7, 11) is -4.81. The Morgan fingerprint density at radius 1 is 1.10 bits per heavy atom. The van der Waals surface area contributed by atoms with Gasteiger partial charge in [-0.25, -0.2) is 16.8 Å². The van der Waals surface area contributed by atoms with Crippen molar-refractivity contribution in [2.75, 3.05) is 33.9 Å². The number of benzene rings is 3. The van der Waals surface area contributed by atoms with E-state index in [-0.39, 0.29) is 35.2 Å². The Bertz CT molecular complexity index is 1510. The largest absolute Gasteiger partial charge is 0.496 e. The summed E-state index contributed by atoms with van der Waals surface area (Å²) in [5.74, 6) is 0.307. The van der Waals surface area contributed by atoms with Crippen LogP contribution in [0.4, 0.5) is 0 Å². The zero-order valence-electron chi connectivity index (χ0n) is 22.4. The van der Waals surface area contributed by atoms with Gasteiger partial charge in [0.15, 0.2) is 0 Å². The minimum absolute atomic E-state index is 0.0158. The minimum atomic E-state index is -4.04. The van der Waals surface area contributed by atoms with Crippen LogP contribution >= 0.6 is 0 Å². The van der Waals surface area contributed by atoms with Gasteiger partial charge in [0.25, 0.3) is 0 Å². The summed E-state index contributed by atoms with van der Waals surface area (Å²) < 4.78 is 68.4. The smallest absolute Gasteiger partial charge is 0.247 e. The Morgan fingerprint density at radius 2 is 1.77 bits per heavy atom. The van der Waals surface area contributed by atoms with Crippen molar-refractivity contribution in [3.05, 3.63) is 72.8 Å². The van der Waals surface area contributed by atoms with Gasteiger partial charge in [-0.2, -0.15) is 8.61 Å². The van der Waals surface area contributed by atoms with Gasteiger partial charge in [0.05, 0.1) is 25.2 Å². The molecule has 0 radical (unpaired) electrons. The molecule has 0 unspecified atom stereocenters. The van der Waals surface area contributed by atoms with E-state index in [0.29, 0.717) is 11.3 Å². The minimum Gasteiger partial charge on any atom is -0.496 e. The number of methoxy groups -OCH3 is 1. The number of nitrogens with zero attached hydrogens (tertiary/aromatic N) is 2. The van der Waals surface area contributed by atoms with Gasteiger partial charge >= 0.3 is 0 Å². The summed E-state index contributed by atoms with van der Waals surface area (Å²) in [5, 5.41) is 9.87. The van der Waals surface area contributed by atoms with Gasteiger partial charge in [-0.1, -0.05) is 49.4 Å². The van der Waals surface area contributed by atoms with Crippen LogP contribution in [0.15, 0.2) is 82.6 Å². The van der Waals surface area contributed by atoms with E-state index in [2.05, 4.69) is 0 Å². The van der Waals surface area contributed by atoms with Crippen LogP contribution in [0.1, 0.15) is 13.8 Å². The lowest BCUT2D eigenvalue weighted by Gasteiger charge is -2.37. The number of fused-ring (bicyclic) bond motifs is 1. The molecule has 1 N–H and O–H groups in total. The molecule has 0 bridgehead atoms. The molecule has 4 rings (SSSR count). The fourth-order valence-electron chi connectivity index (χ4n) is 4.62. The van der Waals surface area contributed by atoms with Crippen molar-refractivity contribution in [2.24, 2.45) is 5.92 Å². The van der Waals surface area contributed by atoms with Crippen LogP contribution < -0.4 is 9.47 Å². The third-order valence-corrected chi connectivity index (χ3v) is 10.8. The van der Waals surface area contributed by atoms with Crippen molar-refractivity contribution in [1.29, 1.82) is 0 Å². The second-order valence-corrected chi connectivity index (χ2v) is 13.6. The molecule has 1 heterocycles. The first-order valence-corrected chi connectivity index (χ1v) is 15.5. The summed E-state index contributed by atoms with van der Waals surface area (Å²) in [6.07, 6.45) is -0.691. The van der Waals surface area contributed by atoms with Crippen LogP contribution in [0.5, 0.6) is 11.5 Å². The normalized spacial score (nSPS) is 20.4. The third kappa shape index (κ3) is 5.82. The number of para-hydroxylation sites is 1. The highest BCUT2D eigenvalue weighted by molar-refractivity contribution is 7.89. The van der Waals surface area contributed by atoms with Gasteiger partial charge in [-0.05, 0) is 42.8 Å². The summed E-state index contributed by atoms with van der Waals surface area (Å²) >= 11 is 0. The van der Waals surface area contributed by atoms with Gasteiger partial charge in [-0.15, -0.1) is 0 Å². The second-order valence-electron chi connectivity index (χ2n) is 9.70. The van der Waals surface area contributed by atoms with Crippen molar-refractivity contribution in [3.8, 4) is 22.6 Å². The van der Waals surface area contributed by atoms with E-state index >= 15 is 0 Å². The lowest BCUT2D eigenvalue weighted by Crippen LogP contribution is -2.50. The van der Waals surface area contributed by atoms with Gasteiger partial charge in [-0.3, -0.25) is 0 Å². The molecule has 0 fully saturated rings. The summed E-state index contributed by atoms with van der Waals surface area (Å²) in [4.78, 5) is 0.106. The molecule has 0 spiro atoms. The Hall–Kier alpha value is -2.96. The topological polar surface area (TPSA) is 113 Å². The molecule has 3 aromatic rings. The molecule has 0 saturated heterocycles. The number of sulfonamides is 2. The van der Waals surface area contributed by atoms with Gasteiger partial charge < -0.3 is 14.6 Å². The molecule has 3 atom stereocenters. The Morgan fingerprint density at radius 3 is 2.44 bits per heavy atom. The molecule has 1 aliphatic heterocycles. The SMILES string of the molecule is COc1ccccc1-c1ccc2c(c1)O[C@@H](CN(C)S(=O)(=O)c1ccccc1)[C@H](C)CN([C@@H](C)CO)S2(=O)=O. The number of hydrogen-bond donors (Lipinski definition) is 1. The molecule has 39 heavy (non-hydrogen) atoms. The van der Waals surface area contributed by atoms with Crippen LogP contribution in [-0.4, -0.2) is 76.6 Å². The van der Waals surface area contributed by atoms with Crippen molar-refractivity contribution in [1.82, 2.24) is 8.61 Å². The molecule has 0 saturated carbocycles. The van der Waals surface area contributed by atoms with Crippen LogP contribution in [0.25, 0.3) is 11.1 Å². The highest BCUT2D eigenvalue weighted by Crippen LogP contribution is 2.38. The maximum atomic E-state index is 13.8. The lowest BCUT2D eigenvalue weighted by atomic mass is 10.0. The number of hydrogen-bond acceptors (Lipinski definition) is 7. The lowest BCUT2D eigenvalue weighted by molar-refractivity contribution is 0.0905. The van der Waals surface area contributed by atoms with E-state index in [9.17, 15) is 21.9 Å². The van der Waals surface area contributed by atoms with E-state index in [4.69, 9.17) is 9.47 Å². The maximum absolute atomic E-state index is 13.8. The molecular formula is C28H34N2O7S2. The fourth-order valence-corrected chi connectivity index (χ4v) is 7.65. The first-order chi connectivity index (χ1) is 18.5. The van der Waals surface area contributed by atoms with Crippen molar-refractivity contribution in [3.63, 3.8) is 0 Å². The number of rotatable bonds is 8. The first kappa shape index (κ1) is 29.0. The first-order valence-electron chi connectivity index (χ1n) is 12.6. The molecule has 0 aliphatic carbocycles. The quantitative estimate of drug-likeness (QED) is 0.438. The summed E-state index contributed by atoms with van der Waals surface area (Å²) in [6, 6.07) is 19.6. The van der Waals surface area contributed by atoms with Crippen LogP contribution in [0.2, 0.25) is 0 Å². The number of likely N-dealkylation sites (N-methyl/N-ethyl adjacent to an activating group) is 1. The highest BCUT2D eigenvalue weighted by Gasteiger charge is 2.39. The molecule has 3 aromatic carbocycles. The van der Waals surface area contributed by atoms with Crippen LogP contribution in [-0.2, 0) is 20.0 Å². The van der Waals surface area contributed by atoms with Crippen molar-refractivity contribution >= 4 is 20.0 Å². The highest BCUT2D eigenvalue weighted by atomic mass is 32.2. The van der Waals surface area contributed by atoms with Gasteiger partial charge in [0.1, 0.15) is 22.5 Å². The number of ether oxygens (including phenoxy) is 2. The summed E-state index contributed by atoms with van der Waals surface area (Å²) in [6.45, 7) is 3.11. The Labute approximate surface area is 230 Å². The molecule has 9 nitrogen and oxygen atoms in total. The third-order valence-electron chi connectivity index (χ3n) is 6.97. The average Bonchev–Trinajstić information content (AvgIpc) is 2.94. The molecule has 0 aromatic heterocycles. The number of aliphatic hydroxyl groups is 1. The zero-order chi connectivity index (χ0) is 28.4. The van der Waals surface area contributed by atoms with Gasteiger partial charge in [0.2, 0.25) is 20.0 Å².